The normalized spacial score (nSPS) is 13.2. The van der Waals surface area contributed by atoms with E-state index in [1.54, 1.807) is 0 Å². The second-order valence-corrected chi connectivity index (χ2v) is 4.85. The average Bonchev–Trinajstić information content (AvgIpc) is 2.67. The summed E-state index contributed by atoms with van der Waals surface area (Å²) in [4.78, 5) is 4.46. The maximum atomic E-state index is 5.67. The van der Waals surface area contributed by atoms with E-state index in [4.69, 9.17) is 10.2 Å². The summed E-state index contributed by atoms with van der Waals surface area (Å²) in [6, 6.07) is 5.85. The van der Waals surface area contributed by atoms with E-state index < -0.39 is 0 Å². The molecule has 2 rings (SSSR count). The molecule has 1 aromatic carbocycles. The second-order valence-electron chi connectivity index (χ2n) is 3.93. The van der Waals surface area contributed by atoms with Crippen LogP contribution in [-0.2, 0) is 6.42 Å². The maximum absolute atomic E-state index is 5.67. The van der Waals surface area contributed by atoms with Crippen molar-refractivity contribution in [2.45, 2.75) is 19.8 Å². The van der Waals surface area contributed by atoms with Gasteiger partial charge in [0.2, 0.25) is 0 Å². The molecule has 0 aliphatic carbocycles. The van der Waals surface area contributed by atoms with Crippen LogP contribution in [0.1, 0.15) is 19.2 Å². The Morgan fingerprint density at radius 2 is 2.31 bits per heavy atom. The van der Waals surface area contributed by atoms with Gasteiger partial charge >= 0.3 is 0 Å². The molecule has 2 N–H and O–H groups in total. The van der Waals surface area contributed by atoms with E-state index in [0.29, 0.717) is 12.5 Å². The number of hydrogen-bond donors (Lipinski definition) is 1. The number of hydrogen-bond acceptors (Lipinski definition) is 3. The minimum Gasteiger partial charge on any atom is -0.441 e. The van der Waals surface area contributed by atoms with Crippen LogP contribution in [0.4, 0.5) is 0 Å². The van der Waals surface area contributed by atoms with E-state index in [-0.39, 0.29) is 0 Å². The second kappa shape index (κ2) is 4.97. The van der Waals surface area contributed by atoms with Gasteiger partial charge in [0.1, 0.15) is 5.52 Å². The van der Waals surface area contributed by atoms with Crippen molar-refractivity contribution in [1.82, 2.24) is 4.98 Å². The van der Waals surface area contributed by atoms with Crippen molar-refractivity contribution in [2.75, 3.05) is 6.54 Å². The quantitative estimate of drug-likeness (QED) is 0.938. The first-order valence-corrected chi connectivity index (χ1v) is 6.27. The molecule has 2 aromatic rings. The summed E-state index contributed by atoms with van der Waals surface area (Å²) < 4.78 is 6.69. The Balaban J connectivity index is 2.25. The highest BCUT2D eigenvalue weighted by molar-refractivity contribution is 9.10. The molecule has 1 unspecified atom stereocenters. The molecule has 0 amide bonds. The molecule has 0 spiro atoms. The van der Waals surface area contributed by atoms with Crippen molar-refractivity contribution in [3.63, 3.8) is 0 Å². The SMILES string of the molecule is CCC(CN)Cc1nc2cc(Br)ccc2o1. The van der Waals surface area contributed by atoms with Crippen LogP contribution in [0, 0.1) is 5.92 Å². The molecule has 0 fully saturated rings. The minimum atomic E-state index is 0.455. The van der Waals surface area contributed by atoms with Crippen LogP contribution in [0.25, 0.3) is 11.1 Å². The summed E-state index contributed by atoms with van der Waals surface area (Å²) in [5, 5.41) is 0. The van der Waals surface area contributed by atoms with Crippen molar-refractivity contribution in [3.05, 3.63) is 28.6 Å². The summed E-state index contributed by atoms with van der Waals surface area (Å²) in [5.41, 5.74) is 7.41. The van der Waals surface area contributed by atoms with Gasteiger partial charge in [0, 0.05) is 10.9 Å². The number of aromatic nitrogens is 1. The fraction of sp³-hybridized carbons (Fsp3) is 0.417. The first-order valence-electron chi connectivity index (χ1n) is 5.48. The molecule has 0 saturated heterocycles. The first-order chi connectivity index (χ1) is 7.72. The number of halogens is 1. The maximum Gasteiger partial charge on any atom is 0.195 e. The zero-order chi connectivity index (χ0) is 11.5. The van der Waals surface area contributed by atoms with Gasteiger partial charge < -0.3 is 10.2 Å². The predicted molar refractivity (Wildman–Crippen MR) is 68.2 cm³/mol. The number of nitrogens with zero attached hydrogens (tertiary/aromatic N) is 1. The van der Waals surface area contributed by atoms with Crippen molar-refractivity contribution < 1.29 is 4.42 Å². The van der Waals surface area contributed by atoms with Crippen LogP contribution in [0.2, 0.25) is 0 Å². The van der Waals surface area contributed by atoms with Gasteiger partial charge in [-0.2, -0.15) is 0 Å². The Hall–Kier alpha value is -0.870. The number of oxazole rings is 1. The summed E-state index contributed by atoms with van der Waals surface area (Å²) >= 11 is 3.42. The monoisotopic (exact) mass is 282 g/mol. The van der Waals surface area contributed by atoms with Crippen LogP contribution >= 0.6 is 15.9 Å². The Morgan fingerprint density at radius 1 is 1.50 bits per heavy atom. The van der Waals surface area contributed by atoms with Crippen molar-refractivity contribution >= 4 is 27.0 Å². The Kier molecular flexibility index (Phi) is 3.61. The summed E-state index contributed by atoms with van der Waals surface area (Å²) in [6.07, 6.45) is 1.87. The molecular weight excluding hydrogens is 268 g/mol. The molecule has 1 atom stereocenters. The van der Waals surface area contributed by atoms with Gasteiger partial charge in [-0.25, -0.2) is 4.98 Å². The molecule has 1 aromatic heterocycles. The predicted octanol–water partition coefficient (Wildman–Crippen LogP) is 3.12. The molecule has 3 nitrogen and oxygen atoms in total. The minimum absolute atomic E-state index is 0.455. The third kappa shape index (κ3) is 2.44. The van der Waals surface area contributed by atoms with Crippen molar-refractivity contribution in [1.29, 1.82) is 0 Å². The Morgan fingerprint density at radius 3 is 3.00 bits per heavy atom. The highest BCUT2D eigenvalue weighted by atomic mass is 79.9. The topological polar surface area (TPSA) is 52.0 Å². The molecule has 0 saturated carbocycles. The molecule has 0 bridgehead atoms. The van der Waals surface area contributed by atoms with Gasteiger partial charge in [-0.3, -0.25) is 0 Å². The highest BCUT2D eigenvalue weighted by Crippen LogP contribution is 2.22. The van der Waals surface area contributed by atoms with E-state index >= 15 is 0 Å². The van der Waals surface area contributed by atoms with Gasteiger partial charge in [0.05, 0.1) is 0 Å². The van der Waals surface area contributed by atoms with E-state index in [2.05, 4.69) is 27.8 Å². The fourth-order valence-corrected chi connectivity index (χ4v) is 2.03. The number of benzene rings is 1. The van der Waals surface area contributed by atoms with E-state index in [9.17, 15) is 0 Å². The van der Waals surface area contributed by atoms with Crippen LogP contribution in [-0.4, -0.2) is 11.5 Å². The standard InChI is InChI=1S/C12H15BrN2O/c1-2-8(7-14)5-12-15-10-6-9(13)3-4-11(10)16-12/h3-4,6,8H,2,5,7,14H2,1H3. The molecule has 86 valence electrons. The van der Waals surface area contributed by atoms with E-state index in [0.717, 1.165) is 34.3 Å². The van der Waals surface area contributed by atoms with Crippen LogP contribution in [0.15, 0.2) is 27.1 Å². The van der Waals surface area contributed by atoms with Crippen LogP contribution < -0.4 is 5.73 Å². The molecule has 0 radical (unpaired) electrons. The van der Waals surface area contributed by atoms with Crippen LogP contribution in [0.5, 0.6) is 0 Å². The third-order valence-electron chi connectivity index (χ3n) is 2.77. The summed E-state index contributed by atoms with van der Waals surface area (Å²) in [7, 11) is 0. The molecule has 0 aliphatic rings. The largest absolute Gasteiger partial charge is 0.441 e. The van der Waals surface area contributed by atoms with Gasteiger partial charge in [-0.05, 0) is 30.7 Å². The summed E-state index contributed by atoms with van der Waals surface area (Å²) in [5.74, 6) is 1.24. The lowest BCUT2D eigenvalue weighted by atomic mass is 10.0. The highest BCUT2D eigenvalue weighted by Gasteiger charge is 2.11. The lowest BCUT2D eigenvalue weighted by Gasteiger charge is -2.07. The van der Waals surface area contributed by atoms with Gasteiger partial charge in [-0.15, -0.1) is 0 Å². The van der Waals surface area contributed by atoms with Crippen molar-refractivity contribution in [3.8, 4) is 0 Å². The summed E-state index contributed by atoms with van der Waals surface area (Å²) in [6.45, 7) is 2.82. The number of nitrogens with two attached hydrogens (primary N) is 1. The zero-order valence-corrected chi connectivity index (χ0v) is 10.8. The molecule has 1 heterocycles. The number of fused-ring (bicyclic) bond motifs is 1. The lowest BCUT2D eigenvalue weighted by molar-refractivity contribution is 0.438. The fourth-order valence-electron chi connectivity index (χ4n) is 1.68. The van der Waals surface area contributed by atoms with Gasteiger partial charge in [0.25, 0.3) is 0 Å². The molecule has 16 heavy (non-hydrogen) atoms. The number of rotatable bonds is 4. The Labute approximate surface area is 103 Å². The van der Waals surface area contributed by atoms with Crippen molar-refractivity contribution in [2.24, 2.45) is 11.7 Å². The average molecular weight is 283 g/mol. The molecule has 4 heteroatoms. The zero-order valence-electron chi connectivity index (χ0n) is 9.24. The third-order valence-corrected chi connectivity index (χ3v) is 3.26. The smallest absolute Gasteiger partial charge is 0.195 e. The Bertz CT molecular complexity index is 477. The van der Waals surface area contributed by atoms with Gasteiger partial charge in [-0.1, -0.05) is 29.3 Å². The van der Waals surface area contributed by atoms with E-state index in [1.807, 2.05) is 18.2 Å². The first kappa shape index (κ1) is 11.6. The molecule has 0 aliphatic heterocycles. The van der Waals surface area contributed by atoms with Gasteiger partial charge in [0.15, 0.2) is 11.5 Å². The van der Waals surface area contributed by atoms with E-state index in [1.165, 1.54) is 0 Å². The van der Waals surface area contributed by atoms with Crippen LogP contribution in [0.3, 0.4) is 0 Å². The lowest BCUT2D eigenvalue weighted by Crippen LogP contribution is -2.15. The molecular formula is C12H15BrN2O.